The van der Waals surface area contributed by atoms with E-state index in [1.165, 1.54) is 25.7 Å². The summed E-state index contributed by atoms with van der Waals surface area (Å²) >= 11 is 0. The van der Waals surface area contributed by atoms with E-state index in [0.717, 1.165) is 18.4 Å². The van der Waals surface area contributed by atoms with Crippen molar-refractivity contribution in [1.82, 2.24) is 10.6 Å². The maximum atomic E-state index is 12.0. The monoisotopic (exact) mass is 408 g/mol. The summed E-state index contributed by atoms with van der Waals surface area (Å²) in [5.41, 5.74) is 0.951. The second-order valence-corrected chi connectivity index (χ2v) is 7.81. The molecule has 0 fully saturated rings. The van der Waals surface area contributed by atoms with Crippen molar-refractivity contribution in [3.8, 4) is 11.5 Å². The summed E-state index contributed by atoms with van der Waals surface area (Å²) < 4.78 is 11.1. The van der Waals surface area contributed by atoms with E-state index in [1.807, 2.05) is 32.0 Å². The van der Waals surface area contributed by atoms with Crippen LogP contribution >= 0.6 is 0 Å². The molecule has 0 bridgehead atoms. The standard InChI is InChI=1S/C23H40N2O4/c1-5-6-7-8-9-10-11-23(27)25-15-19-12-13-21(22(14-19)28-4)29-17-20(26)16-24-18(2)3/h12-14,18,20,24,26H,5-11,15-17H2,1-4H3,(H,25,27). The molecule has 0 heterocycles. The average Bonchev–Trinajstić information content (AvgIpc) is 2.71. The summed E-state index contributed by atoms with van der Waals surface area (Å²) in [7, 11) is 1.58. The highest BCUT2D eigenvalue weighted by molar-refractivity contribution is 5.75. The SMILES string of the molecule is CCCCCCCCC(=O)NCc1ccc(OCC(O)CNC(C)C)c(OC)c1. The van der Waals surface area contributed by atoms with Gasteiger partial charge in [-0.25, -0.2) is 0 Å². The number of hydrogen-bond acceptors (Lipinski definition) is 5. The van der Waals surface area contributed by atoms with Crippen molar-refractivity contribution in [3.05, 3.63) is 23.8 Å². The number of amides is 1. The van der Waals surface area contributed by atoms with Gasteiger partial charge in [-0.3, -0.25) is 4.79 Å². The Morgan fingerprint density at radius 3 is 2.52 bits per heavy atom. The molecule has 0 saturated heterocycles. The van der Waals surface area contributed by atoms with Gasteiger partial charge in [-0.05, 0) is 24.1 Å². The molecule has 0 saturated carbocycles. The van der Waals surface area contributed by atoms with Gasteiger partial charge in [0.15, 0.2) is 11.5 Å². The Bertz CT molecular complexity index is 578. The van der Waals surface area contributed by atoms with Gasteiger partial charge in [0.2, 0.25) is 5.91 Å². The van der Waals surface area contributed by atoms with E-state index >= 15 is 0 Å². The Hall–Kier alpha value is -1.79. The van der Waals surface area contributed by atoms with E-state index in [2.05, 4.69) is 17.6 Å². The molecule has 1 aromatic carbocycles. The molecule has 3 N–H and O–H groups in total. The van der Waals surface area contributed by atoms with Crippen molar-refractivity contribution < 1.29 is 19.4 Å². The number of ether oxygens (including phenoxy) is 2. The van der Waals surface area contributed by atoms with Gasteiger partial charge < -0.3 is 25.2 Å². The van der Waals surface area contributed by atoms with E-state index in [1.54, 1.807) is 7.11 Å². The zero-order chi connectivity index (χ0) is 21.5. The number of unbranched alkanes of at least 4 members (excludes halogenated alkanes) is 5. The first-order chi connectivity index (χ1) is 14.0. The quantitative estimate of drug-likeness (QED) is 0.363. The van der Waals surface area contributed by atoms with Crippen molar-refractivity contribution in [2.75, 3.05) is 20.3 Å². The summed E-state index contributed by atoms with van der Waals surface area (Å²) in [4.78, 5) is 12.0. The van der Waals surface area contributed by atoms with Crippen LogP contribution in [0.3, 0.4) is 0 Å². The van der Waals surface area contributed by atoms with Gasteiger partial charge in [0.05, 0.1) is 7.11 Å². The second-order valence-electron chi connectivity index (χ2n) is 7.81. The van der Waals surface area contributed by atoms with Gasteiger partial charge in [-0.2, -0.15) is 0 Å². The summed E-state index contributed by atoms with van der Waals surface area (Å²) in [6.45, 7) is 7.39. The lowest BCUT2D eigenvalue weighted by Gasteiger charge is -2.17. The zero-order valence-electron chi connectivity index (χ0n) is 18.6. The second kappa shape index (κ2) is 15.1. The predicted molar refractivity (Wildman–Crippen MR) is 117 cm³/mol. The lowest BCUT2D eigenvalue weighted by molar-refractivity contribution is -0.121. The third kappa shape index (κ3) is 11.7. The van der Waals surface area contributed by atoms with E-state index in [-0.39, 0.29) is 12.5 Å². The summed E-state index contributed by atoms with van der Waals surface area (Å²) in [5, 5.41) is 16.1. The molecule has 6 heteroatoms. The van der Waals surface area contributed by atoms with Gasteiger partial charge in [0, 0.05) is 25.6 Å². The highest BCUT2D eigenvalue weighted by atomic mass is 16.5. The minimum absolute atomic E-state index is 0.0839. The fourth-order valence-electron chi connectivity index (χ4n) is 2.91. The number of benzene rings is 1. The van der Waals surface area contributed by atoms with E-state index in [0.29, 0.717) is 37.1 Å². The number of nitrogens with one attached hydrogen (secondary N) is 2. The number of methoxy groups -OCH3 is 1. The molecule has 1 unspecified atom stereocenters. The number of carbonyl (C=O) groups excluding carboxylic acids is 1. The normalized spacial score (nSPS) is 12.1. The van der Waals surface area contributed by atoms with E-state index in [4.69, 9.17) is 9.47 Å². The molecule has 1 rings (SSSR count). The van der Waals surface area contributed by atoms with Crippen LogP contribution in [0.25, 0.3) is 0 Å². The molecule has 0 radical (unpaired) electrons. The van der Waals surface area contributed by atoms with Crippen LogP contribution in [0.1, 0.15) is 71.3 Å². The van der Waals surface area contributed by atoms with Crippen molar-refractivity contribution in [1.29, 1.82) is 0 Å². The van der Waals surface area contributed by atoms with Crippen LogP contribution in [0.5, 0.6) is 11.5 Å². The highest BCUT2D eigenvalue weighted by Crippen LogP contribution is 2.28. The molecule has 0 aromatic heterocycles. The van der Waals surface area contributed by atoms with Gasteiger partial charge in [0.25, 0.3) is 0 Å². The molecule has 6 nitrogen and oxygen atoms in total. The smallest absolute Gasteiger partial charge is 0.220 e. The van der Waals surface area contributed by atoms with Crippen LogP contribution in [0, 0.1) is 0 Å². The molecular weight excluding hydrogens is 368 g/mol. The molecule has 1 atom stereocenters. The first-order valence-corrected chi connectivity index (χ1v) is 10.9. The first kappa shape index (κ1) is 25.2. The molecule has 0 aliphatic heterocycles. The maximum absolute atomic E-state index is 12.0. The molecule has 0 spiro atoms. The van der Waals surface area contributed by atoms with Crippen LogP contribution < -0.4 is 20.1 Å². The van der Waals surface area contributed by atoms with Crippen LogP contribution in [0.4, 0.5) is 0 Å². The van der Waals surface area contributed by atoms with Crippen molar-refractivity contribution in [2.24, 2.45) is 0 Å². The minimum Gasteiger partial charge on any atom is -0.493 e. The van der Waals surface area contributed by atoms with Crippen molar-refractivity contribution in [3.63, 3.8) is 0 Å². The van der Waals surface area contributed by atoms with E-state index < -0.39 is 6.10 Å². The molecule has 1 amide bonds. The largest absolute Gasteiger partial charge is 0.493 e. The highest BCUT2D eigenvalue weighted by Gasteiger charge is 2.11. The Morgan fingerprint density at radius 1 is 1.10 bits per heavy atom. The Kier molecular flexibility index (Phi) is 13.1. The van der Waals surface area contributed by atoms with E-state index in [9.17, 15) is 9.90 Å². The van der Waals surface area contributed by atoms with Gasteiger partial charge in [-0.1, -0.05) is 58.9 Å². The third-order valence-electron chi connectivity index (χ3n) is 4.67. The Labute approximate surface area is 176 Å². The summed E-state index contributed by atoms with van der Waals surface area (Å²) in [6, 6.07) is 5.90. The molecular formula is C23H40N2O4. The fourth-order valence-corrected chi connectivity index (χ4v) is 2.91. The fraction of sp³-hybridized carbons (Fsp3) is 0.696. The van der Waals surface area contributed by atoms with Crippen molar-refractivity contribution >= 4 is 5.91 Å². The van der Waals surface area contributed by atoms with Crippen molar-refractivity contribution in [2.45, 2.75) is 84.4 Å². The first-order valence-electron chi connectivity index (χ1n) is 10.9. The number of aliphatic hydroxyl groups is 1. The predicted octanol–water partition coefficient (Wildman–Crippen LogP) is 3.80. The molecule has 166 valence electrons. The molecule has 0 aliphatic carbocycles. The number of hydrogen-bond donors (Lipinski definition) is 3. The van der Waals surface area contributed by atoms with Crippen LogP contribution in [-0.2, 0) is 11.3 Å². The van der Waals surface area contributed by atoms with Crippen LogP contribution in [-0.4, -0.2) is 43.4 Å². The average molecular weight is 409 g/mol. The zero-order valence-corrected chi connectivity index (χ0v) is 18.6. The Morgan fingerprint density at radius 2 is 1.83 bits per heavy atom. The van der Waals surface area contributed by atoms with Gasteiger partial charge in [0.1, 0.15) is 12.7 Å². The Balaban J connectivity index is 2.37. The minimum atomic E-state index is -0.594. The van der Waals surface area contributed by atoms with Gasteiger partial charge in [-0.15, -0.1) is 0 Å². The number of rotatable bonds is 16. The molecule has 1 aromatic rings. The number of carbonyl (C=O) groups is 1. The third-order valence-corrected chi connectivity index (χ3v) is 4.67. The van der Waals surface area contributed by atoms with Crippen LogP contribution in [0.2, 0.25) is 0 Å². The maximum Gasteiger partial charge on any atom is 0.220 e. The summed E-state index contributed by atoms with van der Waals surface area (Å²) in [6.07, 6.45) is 7.03. The topological polar surface area (TPSA) is 79.8 Å². The molecule has 29 heavy (non-hydrogen) atoms. The lowest BCUT2D eigenvalue weighted by Crippen LogP contribution is -2.35. The molecule has 0 aliphatic rings. The lowest BCUT2D eigenvalue weighted by atomic mass is 10.1. The number of aliphatic hydroxyl groups excluding tert-OH is 1. The van der Waals surface area contributed by atoms with Gasteiger partial charge >= 0.3 is 0 Å². The summed E-state index contributed by atoms with van der Waals surface area (Å²) in [5.74, 6) is 1.26. The van der Waals surface area contributed by atoms with Crippen LogP contribution in [0.15, 0.2) is 18.2 Å².